The number of hydrogen-bond donors (Lipinski definition) is 3. The summed E-state index contributed by atoms with van der Waals surface area (Å²) in [5.41, 5.74) is 0.961. The topological polar surface area (TPSA) is 109 Å². The lowest BCUT2D eigenvalue weighted by Gasteiger charge is -2.14. The van der Waals surface area contributed by atoms with Gasteiger partial charge in [0.25, 0.3) is 5.91 Å². The Morgan fingerprint density at radius 1 is 1.11 bits per heavy atom. The summed E-state index contributed by atoms with van der Waals surface area (Å²) in [7, 11) is 0. The number of benzene rings is 1. The van der Waals surface area contributed by atoms with Crippen molar-refractivity contribution in [3.63, 3.8) is 0 Å². The van der Waals surface area contributed by atoms with Crippen molar-refractivity contribution >= 4 is 40.9 Å². The summed E-state index contributed by atoms with van der Waals surface area (Å²) in [5.74, 6) is -1.15. The van der Waals surface area contributed by atoms with Crippen LogP contribution in [0.1, 0.15) is 13.3 Å². The predicted molar refractivity (Wildman–Crippen MR) is 102 cm³/mol. The highest BCUT2D eigenvalue weighted by Crippen LogP contribution is 2.17. The fourth-order valence-electron chi connectivity index (χ4n) is 2.00. The van der Waals surface area contributed by atoms with E-state index in [9.17, 15) is 14.4 Å². The van der Waals surface area contributed by atoms with Crippen LogP contribution in [0, 0.1) is 0 Å². The Morgan fingerprint density at radius 2 is 1.85 bits per heavy atom. The monoisotopic (exact) mass is 390 g/mol. The van der Waals surface area contributed by atoms with E-state index in [1.807, 2.05) is 6.07 Å². The van der Waals surface area contributed by atoms with Gasteiger partial charge in [-0.3, -0.25) is 9.59 Å². The molecule has 0 saturated heterocycles. The van der Waals surface area contributed by atoms with Crippen molar-refractivity contribution in [2.75, 3.05) is 17.2 Å². The number of anilines is 2. The number of carbonyl (C=O) groups is 3. The lowest BCUT2D eigenvalue weighted by atomic mass is 10.3. The molecule has 2 aromatic rings. The lowest BCUT2D eigenvalue weighted by molar-refractivity contribution is -0.153. The Bertz CT molecular complexity index is 801. The number of aromatic nitrogens is 1. The molecule has 1 aromatic heterocycles. The number of nitrogens with zero attached hydrogens (tertiary/aromatic N) is 1. The first kappa shape index (κ1) is 20.2. The summed E-state index contributed by atoms with van der Waals surface area (Å²) >= 11 is 5.86. The van der Waals surface area contributed by atoms with Gasteiger partial charge in [0.15, 0.2) is 11.3 Å². The molecular formula is C18H19ClN4O4. The highest BCUT2D eigenvalue weighted by molar-refractivity contribution is 6.32. The van der Waals surface area contributed by atoms with Crippen molar-refractivity contribution in [3.05, 3.63) is 53.8 Å². The summed E-state index contributed by atoms with van der Waals surface area (Å²) in [6.45, 7) is 1.51. The van der Waals surface area contributed by atoms with Gasteiger partial charge in [0.05, 0.1) is 12.1 Å². The first-order chi connectivity index (χ1) is 13.0. The van der Waals surface area contributed by atoms with E-state index in [-0.39, 0.29) is 18.1 Å². The number of urea groups is 1. The van der Waals surface area contributed by atoms with E-state index in [0.717, 1.165) is 0 Å². The third-order valence-electron chi connectivity index (χ3n) is 3.34. The van der Waals surface area contributed by atoms with Gasteiger partial charge in [0.1, 0.15) is 0 Å². The molecule has 0 unspecified atom stereocenters. The molecule has 3 N–H and O–H groups in total. The summed E-state index contributed by atoms with van der Waals surface area (Å²) in [5, 5.41) is 7.82. The first-order valence-corrected chi connectivity index (χ1v) is 8.54. The molecule has 0 fully saturated rings. The van der Waals surface area contributed by atoms with Crippen molar-refractivity contribution in [2.45, 2.75) is 19.4 Å². The van der Waals surface area contributed by atoms with E-state index >= 15 is 0 Å². The average molecular weight is 391 g/mol. The Hall–Kier alpha value is -3.13. The predicted octanol–water partition coefficient (Wildman–Crippen LogP) is 2.82. The molecule has 0 radical (unpaired) electrons. The van der Waals surface area contributed by atoms with Gasteiger partial charge >= 0.3 is 12.0 Å². The Morgan fingerprint density at radius 3 is 2.56 bits per heavy atom. The molecule has 2 rings (SSSR count). The zero-order chi connectivity index (χ0) is 19.6. The van der Waals surface area contributed by atoms with E-state index in [1.165, 1.54) is 13.1 Å². The summed E-state index contributed by atoms with van der Waals surface area (Å²) in [6.07, 6.45) is 0.391. The van der Waals surface area contributed by atoms with E-state index in [1.54, 1.807) is 36.4 Å². The minimum absolute atomic E-state index is 0.0697. The third-order valence-corrected chi connectivity index (χ3v) is 3.64. The lowest BCUT2D eigenvalue weighted by Crippen LogP contribution is -2.33. The van der Waals surface area contributed by atoms with Crippen molar-refractivity contribution < 1.29 is 19.1 Å². The molecular weight excluding hydrogens is 372 g/mol. The molecule has 1 atom stereocenters. The van der Waals surface area contributed by atoms with Crippen molar-refractivity contribution in [1.29, 1.82) is 0 Å². The van der Waals surface area contributed by atoms with Crippen molar-refractivity contribution in [3.8, 4) is 0 Å². The second-order valence-electron chi connectivity index (χ2n) is 5.46. The maximum atomic E-state index is 12.0. The number of rotatable bonds is 7. The zero-order valence-electron chi connectivity index (χ0n) is 14.6. The van der Waals surface area contributed by atoms with Crippen LogP contribution in [0.4, 0.5) is 16.2 Å². The second-order valence-corrected chi connectivity index (χ2v) is 5.82. The molecule has 0 bridgehead atoms. The van der Waals surface area contributed by atoms with E-state index in [4.69, 9.17) is 16.3 Å². The summed E-state index contributed by atoms with van der Waals surface area (Å²) < 4.78 is 5.04. The molecule has 8 nitrogen and oxygen atoms in total. The number of halogens is 1. The van der Waals surface area contributed by atoms with Crippen LogP contribution in [-0.4, -0.2) is 35.5 Å². The molecule has 1 heterocycles. The molecule has 0 aliphatic carbocycles. The molecule has 0 aliphatic rings. The standard InChI is InChI=1S/C18H19ClN4O4/c1-12(17(25)23-14-8-5-10-20-16(14)19)27-15(24)9-11-21-18(26)22-13-6-3-2-4-7-13/h2-8,10,12H,9,11H2,1H3,(H,23,25)(H2,21,22,26)/t12-/m1/s1. The largest absolute Gasteiger partial charge is 0.452 e. The minimum Gasteiger partial charge on any atom is -0.452 e. The molecule has 0 aliphatic heterocycles. The maximum Gasteiger partial charge on any atom is 0.319 e. The van der Waals surface area contributed by atoms with Gasteiger partial charge in [0, 0.05) is 18.4 Å². The Balaban J connectivity index is 1.69. The van der Waals surface area contributed by atoms with Crippen LogP contribution >= 0.6 is 11.6 Å². The smallest absolute Gasteiger partial charge is 0.319 e. The molecule has 3 amide bonds. The molecule has 142 valence electrons. The van der Waals surface area contributed by atoms with Crippen LogP contribution in [0.2, 0.25) is 5.15 Å². The van der Waals surface area contributed by atoms with E-state index < -0.39 is 24.0 Å². The second kappa shape index (κ2) is 10.1. The number of carbonyl (C=O) groups excluding carboxylic acids is 3. The fourth-order valence-corrected chi connectivity index (χ4v) is 2.16. The van der Waals surface area contributed by atoms with Crippen LogP contribution in [0.3, 0.4) is 0 Å². The van der Waals surface area contributed by atoms with Crippen LogP contribution in [-0.2, 0) is 14.3 Å². The van der Waals surface area contributed by atoms with Gasteiger partial charge < -0.3 is 20.7 Å². The van der Waals surface area contributed by atoms with Crippen LogP contribution in [0.5, 0.6) is 0 Å². The van der Waals surface area contributed by atoms with E-state index in [0.29, 0.717) is 11.4 Å². The van der Waals surface area contributed by atoms with Crippen molar-refractivity contribution in [2.24, 2.45) is 0 Å². The summed E-state index contributed by atoms with van der Waals surface area (Å²) in [4.78, 5) is 39.4. The van der Waals surface area contributed by atoms with E-state index in [2.05, 4.69) is 20.9 Å². The van der Waals surface area contributed by atoms with Crippen LogP contribution in [0.15, 0.2) is 48.7 Å². The van der Waals surface area contributed by atoms with Gasteiger partial charge in [-0.1, -0.05) is 29.8 Å². The number of amides is 3. The number of hydrogen-bond acceptors (Lipinski definition) is 5. The Labute approximate surface area is 161 Å². The number of ether oxygens (including phenoxy) is 1. The zero-order valence-corrected chi connectivity index (χ0v) is 15.3. The van der Waals surface area contributed by atoms with Gasteiger partial charge in [-0.2, -0.15) is 0 Å². The van der Waals surface area contributed by atoms with Crippen LogP contribution < -0.4 is 16.0 Å². The fraction of sp³-hybridized carbons (Fsp3) is 0.222. The van der Waals surface area contributed by atoms with Gasteiger partial charge in [-0.25, -0.2) is 9.78 Å². The maximum absolute atomic E-state index is 12.0. The highest BCUT2D eigenvalue weighted by Gasteiger charge is 2.19. The van der Waals surface area contributed by atoms with Gasteiger partial charge in [-0.15, -0.1) is 0 Å². The quantitative estimate of drug-likeness (QED) is 0.497. The van der Waals surface area contributed by atoms with Gasteiger partial charge in [-0.05, 0) is 31.2 Å². The third kappa shape index (κ3) is 6.95. The molecule has 1 aromatic carbocycles. The number of pyridine rings is 1. The number of para-hydroxylation sites is 1. The number of esters is 1. The average Bonchev–Trinajstić information content (AvgIpc) is 2.64. The minimum atomic E-state index is -1.02. The molecule has 27 heavy (non-hydrogen) atoms. The molecule has 0 spiro atoms. The highest BCUT2D eigenvalue weighted by atomic mass is 35.5. The molecule has 0 saturated carbocycles. The molecule has 9 heteroatoms. The SMILES string of the molecule is C[C@@H](OC(=O)CCNC(=O)Nc1ccccc1)C(=O)Nc1cccnc1Cl. The normalized spacial score (nSPS) is 11.2. The number of nitrogens with one attached hydrogen (secondary N) is 3. The first-order valence-electron chi connectivity index (χ1n) is 8.16. The van der Waals surface area contributed by atoms with Crippen molar-refractivity contribution in [1.82, 2.24) is 10.3 Å². The van der Waals surface area contributed by atoms with Gasteiger partial charge in [0.2, 0.25) is 0 Å². The Kier molecular flexibility index (Phi) is 7.57. The summed E-state index contributed by atoms with van der Waals surface area (Å²) in [6, 6.07) is 11.6. The van der Waals surface area contributed by atoms with Crippen LogP contribution in [0.25, 0.3) is 0 Å².